The SMILES string of the molecule is CCCCCCCCCCCCCC(Cc1cc(CCCCCCCCCCCC)ccc1O)C(C)=NO. The van der Waals surface area contributed by atoms with Gasteiger partial charge in [-0.05, 0) is 49.8 Å². The molecule has 3 heteroatoms. The molecule has 1 atom stereocenters. The highest BCUT2D eigenvalue weighted by molar-refractivity contribution is 5.84. The van der Waals surface area contributed by atoms with Gasteiger partial charge in [0.05, 0.1) is 5.71 Å². The van der Waals surface area contributed by atoms with Gasteiger partial charge in [0, 0.05) is 5.92 Å². The first-order valence-corrected chi connectivity index (χ1v) is 16.6. The van der Waals surface area contributed by atoms with Crippen LogP contribution in [0.25, 0.3) is 0 Å². The molecule has 1 unspecified atom stereocenters. The van der Waals surface area contributed by atoms with Crippen molar-refractivity contribution in [3.8, 4) is 5.75 Å². The van der Waals surface area contributed by atoms with Gasteiger partial charge in [0.25, 0.3) is 0 Å². The van der Waals surface area contributed by atoms with Crippen LogP contribution in [0.4, 0.5) is 0 Å². The largest absolute Gasteiger partial charge is 0.508 e. The fraction of sp³-hybridized carbons (Fsp3) is 0.800. The standard InChI is InChI=1S/C35H63NO2/c1-4-6-8-10-12-14-16-18-20-22-24-26-33(31(3)36-38)30-34-29-32(27-28-35(34)37)25-23-21-19-17-15-13-11-9-7-5-2/h27-29,33,37-38H,4-26,30H2,1-3H3. The average molecular weight is 530 g/mol. The highest BCUT2D eigenvalue weighted by atomic mass is 16.4. The minimum atomic E-state index is 0.192. The third kappa shape index (κ3) is 17.9. The Labute approximate surface area is 236 Å². The van der Waals surface area contributed by atoms with E-state index in [0.29, 0.717) is 5.75 Å². The lowest BCUT2D eigenvalue weighted by atomic mass is 9.88. The Balaban J connectivity index is 2.32. The van der Waals surface area contributed by atoms with Crippen molar-refractivity contribution in [3.63, 3.8) is 0 Å². The third-order valence-corrected chi connectivity index (χ3v) is 8.33. The van der Waals surface area contributed by atoms with Gasteiger partial charge in [0.15, 0.2) is 0 Å². The van der Waals surface area contributed by atoms with Gasteiger partial charge >= 0.3 is 0 Å². The molecule has 0 heterocycles. The highest BCUT2D eigenvalue weighted by Crippen LogP contribution is 2.26. The Bertz CT molecular complexity index is 699. The average Bonchev–Trinajstić information content (AvgIpc) is 2.93. The molecule has 0 aromatic heterocycles. The van der Waals surface area contributed by atoms with E-state index in [9.17, 15) is 10.3 Å². The molecule has 1 aromatic carbocycles. The minimum absolute atomic E-state index is 0.192. The van der Waals surface area contributed by atoms with Crippen LogP contribution in [0.1, 0.15) is 173 Å². The first-order valence-electron chi connectivity index (χ1n) is 16.6. The van der Waals surface area contributed by atoms with Crippen LogP contribution in [-0.4, -0.2) is 16.0 Å². The van der Waals surface area contributed by atoms with Gasteiger partial charge in [0.2, 0.25) is 0 Å². The molecule has 3 nitrogen and oxygen atoms in total. The van der Waals surface area contributed by atoms with Crippen molar-refractivity contribution in [2.75, 3.05) is 0 Å². The van der Waals surface area contributed by atoms with Crippen LogP contribution >= 0.6 is 0 Å². The van der Waals surface area contributed by atoms with Gasteiger partial charge in [-0.2, -0.15) is 0 Å². The summed E-state index contributed by atoms with van der Waals surface area (Å²) in [6, 6.07) is 6.14. The molecule has 0 saturated carbocycles. The molecule has 0 aliphatic carbocycles. The van der Waals surface area contributed by atoms with Crippen molar-refractivity contribution in [3.05, 3.63) is 29.3 Å². The van der Waals surface area contributed by atoms with Crippen LogP contribution in [-0.2, 0) is 12.8 Å². The number of phenols is 1. The van der Waals surface area contributed by atoms with Crippen molar-refractivity contribution in [1.82, 2.24) is 0 Å². The molecular formula is C35H63NO2. The first kappa shape index (κ1) is 34.5. The number of hydrogen-bond acceptors (Lipinski definition) is 3. The predicted molar refractivity (Wildman–Crippen MR) is 167 cm³/mol. The molecule has 0 bridgehead atoms. The summed E-state index contributed by atoms with van der Waals surface area (Å²) in [6.07, 6.45) is 31.1. The molecule has 1 aromatic rings. The lowest BCUT2D eigenvalue weighted by molar-refractivity contribution is 0.313. The molecule has 0 fully saturated rings. The summed E-state index contributed by atoms with van der Waals surface area (Å²) < 4.78 is 0. The minimum Gasteiger partial charge on any atom is -0.508 e. The summed E-state index contributed by atoms with van der Waals surface area (Å²) in [6.45, 7) is 6.48. The topological polar surface area (TPSA) is 52.8 Å². The zero-order valence-corrected chi connectivity index (χ0v) is 25.6. The van der Waals surface area contributed by atoms with Gasteiger partial charge in [-0.3, -0.25) is 0 Å². The molecule has 1 rings (SSSR count). The molecule has 0 aliphatic heterocycles. The first-order chi connectivity index (χ1) is 18.6. The number of aryl methyl sites for hydroxylation is 1. The third-order valence-electron chi connectivity index (χ3n) is 8.33. The number of rotatable bonds is 26. The van der Waals surface area contributed by atoms with Gasteiger partial charge in [0.1, 0.15) is 5.75 Å². The van der Waals surface area contributed by atoms with Gasteiger partial charge in [-0.15, -0.1) is 0 Å². The molecule has 38 heavy (non-hydrogen) atoms. The molecule has 0 saturated heterocycles. The predicted octanol–water partition coefficient (Wildman–Crippen LogP) is 11.6. The maximum absolute atomic E-state index is 10.5. The molecule has 0 aliphatic rings. The number of aromatic hydroxyl groups is 1. The van der Waals surface area contributed by atoms with E-state index in [4.69, 9.17) is 0 Å². The second-order valence-corrected chi connectivity index (χ2v) is 11.9. The van der Waals surface area contributed by atoms with Gasteiger partial charge < -0.3 is 10.3 Å². The number of benzene rings is 1. The maximum Gasteiger partial charge on any atom is 0.118 e. The maximum atomic E-state index is 10.5. The number of oxime groups is 1. The van der Waals surface area contributed by atoms with E-state index in [1.165, 1.54) is 134 Å². The number of nitrogens with zero attached hydrogens (tertiary/aromatic N) is 1. The van der Waals surface area contributed by atoms with Crippen LogP contribution in [0, 0.1) is 5.92 Å². The van der Waals surface area contributed by atoms with E-state index in [1.807, 2.05) is 13.0 Å². The van der Waals surface area contributed by atoms with E-state index < -0.39 is 0 Å². The van der Waals surface area contributed by atoms with E-state index in [-0.39, 0.29) is 5.92 Å². The van der Waals surface area contributed by atoms with E-state index >= 15 is 0 Å². The van der Waals surface area contributed by atoms with Gasteiger partial charge in [-0.1, -0.05) is 160 Å². The fourth-order valence-corrected chi connectivity index (χ4v) is 5.64. The van der Waals surface area contributed by atoms with Crippen molar-refractivity contribution >= 4 is 5.71 Å². The van der Waals surface area contributed by atoms with Crippen molar-refractivity contribution in [1.29, 1.82) is 0 Å². The lowest BCUT2D eigenvalue weighted by Crippen LogP contribution is -2.15. The fourth-order valence-electron chi connectivity index (χ4n) is 5.64. The zero-order valence-electron chi connectivity index (χ0n) is 25.6. The van der Waals surface area contributed by atoms with Crippen LogP contribution in [0.2, 0.25) is 0 Å². The van der Waals surface area contributed by atoms with E-state index in [0.717, 1.165) is 37.0 Å². The Morgan fingerprint density at radius 3 is 1.58 bits per heavy atom. The Morgan fingerprint density at radius 1 is 0.658 bits per heavy atom. The Morgan fingerprint density at radius 2 is 1.11 bits per heavy atom. The lowest BCUT2D eigenvalue weighted by Gasteiger charge is -2.17. The second-order valence-electron chi connectivity index (χ2n) is 11.9. The molecule has 0 radical (unpaired) electrons. The summed E-state index contributed by atoms with van der Waals surface area (Å²) in [5, 5.41) is 23.6. The summed E-state index contributed by atoms with van der Waals surface area (Å²) in [5.41, 5.74) is 3.12. The van der Waals surface area contributed by atoms with Crippen LogP contribution in [0.5, 0.6) is 5.75 Å². The van der Waals surface area contributed by atoms with Crippen LogP contribution < -0.4 is 0 Å². The van der Waals surface area contributed by atoms with Crippen molar-refractivity contribution < 1.29 is 10.3 Å². The number of unbranched alkanes of at least 4 members (excludes halogenated alkanes) is 19. The smallest absolute Gasteiger partial charge is 0.118 e. The molecular weight excluding hydrogens is 466 g/mol. The monoisotopic (exact) mass is 529 g/mol. The van der Waals surface area contributed by atoms with E-state index in [1.54, 1.807) is 0 Å². The highest BCUT2D eigenvalue weighted by Gasteiger charge is 2.16. The Hall–Kier alpha value is -1.51. The van der Waals surface area contributed by atoms with Crippen LogP contribution in [0.15, 0.2) is 23.4 Å². The second kappa shape index (κ2) is 24.5. The number of phenolic OH excluding ortho intramolecular Hbond substituents is 1. The van der Waals surface area contributed by atoms with Crippen molar-refractivity contribution in [2.24, 2.45) is 11.1 Å². The summed E-state index contributed by atoms with van der Waals surface area (Å²) in [5.74, 6) is 0.573. The summed E-state index contributed by atoms with van der Waals surface area (Å²) >= 11 is 0. The number of hydrogen-bond donors (Lipinski definition) is 2. The van der Waals surface area contributed by atoms with E-state index in [2.05, 4.69) is 31.1 Å². The quantitative estimate of drug-likeness (QED) is 0.0542. The summed E-state index contributed by atoms with van der Waals surface area (Å²) in [4.78, 5) is 0. The van der Waals surface area contributed by atoms with Crippen molar-refractivity contribution in [2.45, 2.75) is 175 Å². The van der Waals surface area contributed by atoms with Crippen LogP contribution in [0.3, 0.4) is 0 Å². The Kier molecular flexibility index (Phi) is 22.3. The molecule has 0 spiro atoms. The molecule has 2 N–H and O–H groups in total. The molecule has 0 amide bonds. The normalized spacial score (nSPS) is 12.8. The zero-order chi connectivity index (χ0) is 27.7. The summed E-state index contributed by atoms with van der Waals surface area (Å²) in [7, 11) is 0. The molecule has 220 valence electrons. The van der Waals surface area contributed by atoms with Gasteiger partial charge in [-0.25, -0.2) is 0 Å².